The van der Waals surface area contributed by atoms with Crippen LogP contribution in [0.2, 0.25) is 10.0 Å². The normalized spacial score (nSPS) is 11.0. The Labute approximate surface area is 142 Å². The average Bonchev–Trinajstić information content (AvgIpc) is 2.96. The van der Waals surface area contributed by atoms with E-state index in [-0.39, 0.29) is 12.1 Å². The number of nitrogens with zero attached hydrogens (tertiary/aromatic N) is 1. The fraction of sp³-hybridized carbons (Fsp3) is 0.118. The first-order valence-corrected chi connectivity index (χ1v) is 7.57. The van der Waals surface area contributed by atoms with Crippen LogP contribution in [0, 0.1) is 5.82 Å². The molecule has 118 valence electrons. The van der Waals surface area contributed by atoms with Crippen LogP contribution in [0.1, 0.15) is 15.9 Å². The van der Waals surface area contributed by atoms with E-state index in [1.807, 2.05) is 12.1 Å². The zero-order valence-corrected chi connectivity index (χ0v) is 13.7. The van der Waals surface area contributed by atoms with Crippen LogP contribution in [-0.2, 0) is 11.3 Å². The molecular weight excluding hydrogens is 340 g/mol. The number of halogens is 3. The SMILES string of the molecule is COC(=O)c1cccc(Cn2ccc3ccc(Cl)c(Cl)c32)c1F. The lowest BCUT2D eigenvalue weighted by Crippen LogP contribution is -2.08. The summed E-state index contributed by atoms with van der Waals surface area (Å²) in [5.74, 6) is -1.30. The van der Waals surface area contributed by atoms with Crippen molar-refractivity contribution in [2.75, 3.05) is 7.11 Å². The highest BCUT2D eigenvalue weighted by Crippen LogP contribution is 2.32. The summed E-state index contributed by atoms with van der Waals surface area (Å²) in [6.07, 6.45) is 1.80. The molecule has 0 saturated heterocycles. The van der Waals surface area contributed by atoms with Crippen molar-refractivity contribution in [2.24, 2.45) is 0 Å². The Hall–Kier alpha value is -2.04. The highest BCUT2D eigenvalue weighted by atomic mass is 35.5. The summed E-state index contributed by atoms with van der Waals surface area (Å²) in [5, 5.41) is 1.76. The Balaban J connectivity index is 2.07. The van der Waals surface area contributed by atoms with Crippen molar-refractivity contribution in [1.82, 2.24) is 4.57 Å². The Bertz CT molecular complexity index is 905. The molecule has 0 bridgehead atoms. The van der Waals surface area contributed by atoms with Crippen LogP contribution in [0.4, 0.5) is 4.39 Å². The minimum Gasteiger partial charge on any atom is -0.465 e. The van der Waals surface area contributed by atoms with Crippen molar-refractivity contribution >= 4 is 40.1 Å². The van der Waals surface area contributed by atoms with E-state index in [2.05, 4.69) is 4.74 Å². The van der Waals surface area contributed by atoms with Gasteiger partial charge in [0, 0.05) is 17.1 Å². The first-order valence-electron chi connectivity index (χ1n) is 6.81. The molecule has 1 heterocycles. The molecule has 0 aliphatic heterocycles. The van der Waals surface area contributed by atoms with Crippen molar-refractivity contribution in [3.63, 3.8) is 0 Å². The van der Waals surface area contributed by atoms with Crippen molar-refractivity contribution < 1.29 is 13.9 Å². The Morgan fingerprint density at radius 3 is 2.74 bits per heavy atom. The number of esters is 1. The van der Waals surface area contributed by atoms with Crippen LogP contribution >= 0.6 is 23.2 Å². The monoisotopic (exact) mass is 351 g/mol. The van der Waals surface area contributed by atoms with Gasteiger partial charge < -0.3 is 9.30 Å². The van der Waals surface area contributed by atoms with E-state index in [1.165, 1.54) is 13.2 Å². The zero-order chi connectivity index (χ0) is 16.6. The van der Waals surface area contributed by atoms with Crippen LogP contribution in [0.25, 0.3) is 10.9 Å². The van der Waals surface area contributed by atoms with Crippen LogP contribution in [0.5, 0.6) is 0 Å². The average molecular weight is 352 g/mol. The molecule has 0 saturated carbocycles. The standard InChI is InChI=1S/C17H12Cl2FNO2/c1-23-17(22)12-4-2-3-11(15(12)20)9-21-8-7-10-5-6-13(18)14(19)16(10)21/h2-8H,9H2,1H3. The zero-order valence-electron chi connectivity index (χ0n) is 12.1. The van der Waals surface area contributed by atoms with Gasteiger partial charge in [0.15, 0.2) is 0 Å². The van der Waals surface area contributed by atoms with Crippen molar-refractivity contribution in [1.29, 1.82) is 0 Å². The summed E-state index contributed by atoms with van der Waals surface area (Å²) in [6, 6.07) is 10.1. The Kier molecular flexibility index (Phi) is 4.28. The van der Waals surface area contributed by atoms with Gasteiger partial charge in [0.25, 0.3) is 0 Å². The summed E-state index contributed by atoms with van der Waals surface area (Å²) in [7, 11) is 1.22. The smallest absolute Gasteiger partial charge is 0.340 e. The lowest BCUT2D eigenvalue weighted by Gasteiger charge is -2.10. The molecule has 0 radical (unpaired) electrons. The lowest BCUT2D eigenvalue weighted by atomic mass is 10.1. The van der Waals surface area contributed by atoms with Crippen molar-refractivity contribution in [3.05, 3.63) is 69.6 Å². The minimum atomic E-state index is -0.706. The van der Waals surface area contributed by atoms with Gasteiger partial charge in [-0.05, 0) is 18.2 Å². The largest absolute Gasteiger partial charge is 0.465 e. The van der Waals surface area contributed by atoms with Gasteiger partial charge in [-0.15, -0.1) is 0 Å². The number of hydrogen-bond acceptors (Lipinski definition) is 2. The molecular formula is C17H12Cl2FNO2. The second-order valence-electron chi connectivity index (χ2n) is 5.01. The van der Waals surface area contributed by atoms with Crippen molar-refractivity contribution in [2.45, 2.75) is 6.54 Å². The number of carbonyl (C=O) groups excluding carboxylic acids is 1. The number of carbonyl (C=O) groups is 1. The molecule has 23 heavy (non-hydrogen) atoms. The molecule has 2 aromatic carbocycles. The van der Waals surface area contributed by atoms with Crippen LogP contribution in [0.3, 0.4) is 0 Å². The number of aromatic nitrogens is 1. The second kappa shape index (κ2) is 6.22. The molecule has 0 amide bonds. The van der Waals surface area contributed by atoms with Crippen LogP contribution in [0.15, 0.2) is 42.6 Å². The highest BCUT2D eigenvalue weighted by molar-refractivity contribution is 6.45. The maximum atomic E-state index is 14.5. The van der Waals surface area contributed by atoms with E-state index in [0.29, 0.717) is 15.6 Å². The first-order chi connectivity index (χ1) is 11.0. The van der Waals surface area contributed by atoms with Gasteiger partial charge in [-0.25, -0.2) is 9.18 Å². The molecule has 0 aliphatic rings. The molecule has 1 aromatic heterocycles. The summed E-state index contributed by atoms with van der Waals surface area (Å²) in [5.41, 5.74) is 0.995. The van der Waals surface area contributed by atoms with Gasteiger partial charge in [0.2, 0.25) is 0 Å². The summed E-state index contributed by atoms with van der Waals surface area (Å²) in [6.45, 7) is 0.222. The molecule has 6 heteroatoms. The fourth-order valence-corrected chi connectivity index (χ4v) is 2.94. The number of methoxy groups -OCH3 is 1. The highest BCUT2D eigenvalue weighted by Gasteiger charge is 2.16. The summed E-state index contributed by atoms with van der Waals surface area (Å²) < 4.78 is 20.9. The lowest BCUT2D eigenvalue weighted by molar-refractivity contribution is 0.0595. The van der Waals surface area contributed by atoms with Gasteiger partial charge >= 0.3 is 5.97 Å². The molecule has 3 rings (SSSR count). The molecule has 0 N–H and O–H groups in total. The van der Waals surface area contributed by atoms with Crippen molar-refractivity contribution in [3.8, 4) is 0 Å². The molecule has 0 unspecified atom stereocenters. The van der Waals surface area contributed by atoms with Crippen LogP contribution in [-0.4, -0.2) is 17.6 Å². The van der Waals surface area contributed by atoms with E-state index in [9.17, 15) is 9.18 Å². The molecule has 3 aromatic rings. The topological polar surface area (TPSA) is 31.2 Å². The first kappa shape index (κ1) is 15.8. The van der Waals surface area contributed by atoms with Gasteiger partial charge in [0.1, 0.15) is 5.82 Å². The Morgan fingerprint density at radius 2 is 2.00 bits per heavy atom. The molecule has 0 fully saturated rings. The molecule has 0 spiro atoms. The predicted octanol–water partition coefficient (Wildman–Crippen LogP) is 4.92. The number of rotatable bonds is 3. The van der Waals surface area contributed by atoms with Gasteiger partial charge in [0.05, 0.1) is 34.8 Å². The number of benzene rings is 2. The maximum Gasteiger partial charge on any atom is 0.340 e. The minimum absolute atomic E-state index is 0.0920. The Morgan fingerprint density at radius 1 is 1.22 bits per heavy atom. The van der Waals surface area contributed by atoms with E-state index >= 15 is 0 Å². The van der Waals surface area contributed by atoms with E-state index < -0.39 is 11.8 Å². The number of fused-ring (bicyclic) bond motifs is 1. The van der Waals surface area contributed by atoms with E-state index in [4.69, 9.17) is 23.2 Å². The number of ether oxygens (including phenoxy) is 1. The predicted molar refractivity (Wildman–Crippen MR) is 88.8 cm³/mol. The van der Waals surface area contributed by atoms with E-state index in [0.717, 1.165) is 10.9 Å². The third-order valence-corrected chi connectivity index (χ3v) is 4.44. The molecule has 3 nitrogen and oxygen atoms in total. The maximum absolute atomic E-state index is 14.5. The third kappa shape index (κ3) is 2.80. The van der Waals surface area contributed by atoms with Gasteiger partial charge in [-0.1, -0.05) is 41.4 Å². The summed E-state index contributed by atoms with van der Waals surface area (Å²) >= 11 is 12.3. The quantitative estimate of drug-likeness (QED) is 0.627. The van der Waals surface area contributed by atoms with E-state index in [1.54, 1.807) is 29.0 Å². The molecule has 0 aliphatic carbocycles. The van der Waals surface area contributed by atoms with Gasteiger partial charge in [-0.3, -0.25) is 0 Å². The second-order valence-corrected chi connectivity index (χ2v) is 5.80. The van der Waals surface area contributed by atoms with Gasteiger partial charge in [-0.2, -0.15) is 0 Å². The third-order valence-electron chi connectivity index (χ3n) is 3.65. The molecule has 0 atom stereocenters. The summed E-state index contributed by atoms with van der Waals surface area (Å²) in [4.78, 5) is 11.6. The fourth-order valence-electron chi connectivity index (χ4n) is 2.51. The van der Waals surface area contributed by atoms with Crippen LogP contribution < -0.4 is 0 Å². The number of hydrogen-bond donors (Lipinski definition) is 0.